The standard InChI is InChI=1S/C15H24F3N5O/c1-4-22(5-2)14(24)10(3)19-8-13-21-20-12-7-6-11(9-23(12)13)15(16,17)18/h10-11,19H,4-9H2,1-3H3. The van der Waals surface area contributed by atoms with Crippen LogP contribution in [0.1, 0.15) is 38.8 Å². The summed E-state index contributed by atoms with van der Waals surface area (Å²) in [6.07, 6.45) is -3.89. The van der Waals surface area contributed by atoms with Crippen LogP contribution in [0.3, 0.4) is 0 Å². The predicted octanol–water partition coefficient (Wildman–Crippen LogP) is 1.75. The van der Waals surface area contributed by atoms with Gasteiger partial charge in [0.1, 0.15) is 11.6 Å². The molecule has 2 unspecified atom stereocenters. The van der Waals surface area contributed by atoms with E-state index in [1.807, 2.05) is 13.8 Å². The molecule has 0 bridgehead atoms. The van der Waals surface area contributed by atoms with E-state index in [9.17, 15) is 18.0 Å². The molecule has 0 saturated carbocycles. The van der Waals surface area contributed by atoms with Crippen molar-refractivity contribution in [2.24, 2.45) is 5.92 Å². The molecule has 6 nitrogen and oxygen atoms in total. The summed E-state index contributed by atoms with van der Waals surface area (Å²) in [6, 6.07) is -0.431. The Hall–Kier alpha value is -1.64. The second-order valence-electron chi connectivity index (χ2n) is 6.03. The van der Waals surface area contributed by atoms with Gasteiger partial charge in [-0.15, -0.1) is 10.2 Å². The lowest BCUT2D eigenvalue weighted by Gasteiger charge is -2.27. The first kappa shape index (κ1) is 18.7. The van der Waals surface area contributed by atoms with Crippen LogP contribution in [-0.4, -0.2) is 50.9 Å². The van der Waals surface area contributed by atoms with Gasteiger partial charge in [-0.1, -0.05) is 0 Å². The molecular weight excluding hydrogens is 323 g/mol. The maximum absolute atomic E-state index is 12.9. The van der Waals surface area contributed by atoms with Crippen molar-refractivity contribution in [2.75, 3.05) is 13.1 Å². The second-order valence-corrected chi connectivity index (χ2v) is 6.03. The molecule has 1 aromatic heterocycles. The number of alkyl halides is 3. The third kappa shape index (κ3) is 4.06. The number of hydrogen-bond donors (Lipinski definition) is 1. The lowest BCUT2D eigenvalue weighted by Crippen LogP contribution is -2.44. The van der Waals surface area contributed by atoms with Crippen LogP contribution in [0.2, 0.25) is 0 Å². The monoisotopic (exact) mass is 347 g/mol. The number of aromatic nitrogens is 3. The molecule has 0 fully saturated rings. The van der Waals surface area contributed by atoms with Gasteiger partial charge < -0.3 is 9.47 Å². The van der Waals surface area contributed by atoms with Crippen LogP contribution in [0, 0.1) is 5.92 Å². The highest BCUT2D eigenvalue weighted by atomic mass is 19.4. The average Bonchev–Trinajstić information content (AvgIpc) is 2.95. The van der Waals surface area contributed by atoms with Crippen molar-refractivity contribution < 1.29 is 18.0 Å². The Labute approximate surface area is 139 Å². The molecule has 0 saturated heterocycles. The van der Waals surface area contributed by atoms with Crippen LogP contribution >= 0.6 is 0 Å². The molecule has 0 spiro atoms. The SMILES string of the molecule is CCN(CC)C(=O)C(C)NCc1nnc2n1CC(C(F)(F)F)CC2. The second kappa shape index (κ2) is 7.50. The van der Waals surface area contributed by atoms with Crippen LogP contribution in [0.25, 0.3) is 0 Å². The number of likely N-dealkylation sites (N-methyl/N-ethyl adjacent to an activating group) is 1. The zero-order valence-electron chi connectivity index (χ0n) is 14.2. The Morgan fingerprint density at radius 3 is 2.62 bits per heavy atom. The van der Waals surface area contributed by atoms with E-state index in [1.165, 1.54) is 4.57 Å². The Morgan fingerprint density at radius 2 is 2.04 bits per heavy atom. The molecule has 2 atom stereocenters. The van der Waals surface area contributed by atoms with Gasteiger partial charge >= 0.3 is 6.18 Å². The van der Waals surface area contributed by atoms with Crippen LogP contribution in [-0.2, 0) is 24.3 Å². The van der Waals surface area contributed by atoms with Crippen molar-refractivity contribution in [1.82, 2.24) is 25.0 Å². The molecule has 1 aliphatic heterocycles. The number of hydrogen-bond acceptors (Lipinski definition) is 4. The van der Waals surface area contributed by atoms with E-state index >= 15 is 0 Å². The normalized spacial score (nSPS) is 19.0. The fraction of sp³-hybridized carbons (Fsp3) is 0.800. The van der Waals surface area contributed by atoms with E-state index in [0.29, 0.717) is 24.7 Å². The smallest absolute Gasteiger partial charge is 0.342 e. The van der Waals surface area contributed by atoms with Gasteiger partial charge in [0.15, 0.2) is 0 Å². The van der Waals surface area contributed by atoms with Crippen LogP contribution in [0.4, 0.5) is 13.2 Å². The highest BCUT2D eigenvalue weighted by molar-refractivity contribution is 5.81. The summed E-state index contributed by atoms with van der Waals surface area (Å²) in [4.78, 5) is 13.9. The first-order chi connectivity index (χ1) is 11.3. The summed E-state index contributed by atoms with van der Waals surface area (Å²) < 4.78 is 40.4. The summed E-state index contributed by atoms with van der Waals surface area (Å²) >= 11 is 0. The van der Waals surface area contributed by atoms with E-state index in [0.717, 1.165) is 0 Å². The Morgan fingerprint density at radius 1 is 1.38 bits per heavy atom. The number of nitrogens with zero attached hydrogens (tertiary/aromatic N) is 4. The number of aryl methyl sites for hydroxylation is 1. The minimum Gasteiger partial charge on any atom is -0.342 e. The highest BCUT2D eigenvalue weighted by Gasteiger charge is 2.42. The van der Waals surface area contributed by atoms with E-state index < -0.39 is 18.1 Å². The summed E-state index contributed by atoms with van der Waals surface area (Å²) in [5.74, 6) is -0.380. The fourth-order valence-corrected chi connectivity index (χ4v) is 2.92. The number of carbonyl (C=O) groups is 1. The Kier molecular flexibility index (Phi) is 5.84. The summed E-state index contributed by atoms with van der Waals surface area (Å²) in [5.41, 5.74) is 0. The molecule has 24 heavy (non-hydrogen) atoms. The summed E-state index contributed by atoms with van der Waals surface area (Å²) in [6.45, 7) is 6.85. The number of amides is 1. The zero-order valence-corrected chi connectivity index (χ0v) is 14.2. The minimum absolute atomic E-state index is 0.0356. The predicted molar refractivity (Wildman–Crippen MR) is 82.1 cm³/mol. The van der Waals surface area contributed by atoms with E-state index in [2.05, 4.69) is 15.5 Å². The van der Waals surface area contributed by atoms with Crippen LogP contribution < -0.4 is 5.32 Å². The van der Waals surface area contributed by atoms with Crippen molar-refractivity contribution in [3.8, 4) is 0 Å². The molecule has 0 aliphatic carbocycles. The van der Waals surface area contributed by atoms with Crippen molar-refractivity contribution in [3.05, 3.63) is 11.6 Å². The number of nitrogens with one attached hydrogen (secondary N) is 1. The molecule has 1 aromatic rings. The lowest BCUT2D eigenvalue weighted by molar-refractivity contribution is -0.182. The van der Waals surface area contributed by atoms with Crippen molar-refractivity contribution in [1.29, 1.82) is 0 Å². The maximum Gasteiger partial charge on any atom is 0.393 e. The summed E-state index contributed by atoms with van der Waals surface area (Å²) in [5, 5.41) is 11.0. The third-order valence-electron chi connectivity index (χ3n) is 4.50. The number of rotatable bonds is 6. The first-order valence-electron chi connectivity index (χ1n) is 8.27. The van der Waals surface area contributed by atoms with E-state index in [1.54, 1.807) is 11.8 Å². The molecule has 0 aromatic carbocycles. The van der Waals surface area contributed by atoms with Gasteiger partial charge in [0, 0.05) is 26.1 Å². The van der Waals surface area contributed by atoms with Crippen LogP contribution in [0.15, 0.2) is 0 Å². The van der Waals surface area contributed by atoms with Gasteiger partial charge in [0.25, 0.3) is 0 Å². The van der Waals surface area contributed by atoms with Crippen molar-refractivity contribution in [2.45, 2.75) is 58.9 Å². The number of carbonyl (C=O) groups excluding carboxylic acids is 1. The topological polar surface area (TPSA) is 63.1 Å². The van der Waals surface area contributed by atoms with Gasteiger partial charge in [-0.3, -0.25) is 10.1 Å². The number of halogens is 3. The average molecular weight is 347 g/mol. The Balaban J connectivity index is 2.00. The molecule has 9 heteroatoms. The molecule has 2 rings (SSSR count). The van der Waals surface area contributed by atoms with Gasteiger partial charge in [-0.25, -0.2) is 0 Å². The zero-order chi connectivity index (χ0) is 17.9. The quantitative estimate of drug-likeness (QED) is 0.852. The van der Waals surface area contributed by atoms with Crippen molar-refractivity contribution >= 4 is 5.91 Å². The molecule has 136 valence electrons. The van der Waals surface area contributed by atoms with Crippen molar-refractivity contribution in [3.63, 3.8) is 0 Å². The first-order valence-corrected chi connectivity index (χ1v) is 8.27. The minimum atomic E-state index is -4.21. The van der Waals surface area contributed by atoms with E-state index in [-0.39, 0.29) is 31.8 Å². The van der Waals surface area contributed by atoms with E-state index in [4.69, 9.17) is 0 Å². The number of fused-ring (bicyclic) bond motifs is 1. The summed E-state index contributed by atoms with van der Waals surface area (Å²) in [7, 11) is 0. The van der Waals surface area contributed by atoms with Crippen LogP contribution in [0.5, 0.6) is 0 Å². The lowest BCUT2D eigenvalue weighted by atomic mass is 9.99. The largest absolute Gasteiger partial charge is 0.393 e. The maximum atomic E-state index is 12.9. The molecule has 2 heterocycles. The highest BCUT2D eigenvalue weighted by Crippen LogP contribution is 2.34. The van der Waals surface area contributed by atoms with Gasteiger partial charge in [-0.05, 0) is 27.2 Å². The third-order valence-corrected chi connectivity index (χ3v) is 4.50. The Bertz CT molecular complexity index is 568. The molecule has 0 radical (unpaired) electrons. The molecular formula is C15H24F3N5O. The molecule has 1 N–H and O–H groups in total. The molecule has 1 aliphatic rings. The molecule has 1 amide bonds. The fourth-order valence-electron chi connectivity index (χ4n) is 2.92. The van der Waals surface area contributed by atoms with Gasteiger partial charge in [0.05, 0.1) is 18.5 Å². The van der Waals surface area contributed by atoms with Gasteiger partial charge in [0.2, 0.25) is 5.91 Å². The van der Waals surface area contributed by atoms with Gasteiger partial charge in [-0.2, -0.15) is 13.2 Å².